The molecule has 5 aromatic rings. The highest BCUT2D eigenvalue weighted by atomic mass is 32.2. The van der Waals surface area contributed by atoms with E-state index >= 15 is 0 Å². The van der Waals surface area contributed by atoms with Gasteiger partial charge in [0.1, 0.15) is 17.3 Å². The van der Waals surface area contributed by atoms with Gasteiger partial charge in [-0.15, -0.1) is 0 Å². The van der Waals surface area contributed by atoms with Crippen LogP contribution in [0.3, 0.4) is 0 Å². The van der Waals surface area contributed by atoms with Gasteiger partial charge < -0.3 is 30.0 Å². The van der Waals surface area contributed by atoms with E-state index in [-0.39, 0.29) is 5.41 Å². The molecule has 5 rings (SSSR count). The van der Waals surface area contributed by atoms with Crippen molar-refractivity contribution in [1.29, 1.82) is 0 Å². The van der Waals surface area contributed by atoms with Crippen LogP contribution in [0.2, 0.25) is 0 Å². The number of carbonyl (C=O) groups is 1. The molecule has 0 saturated carbocycles. The van der Waals surface area contributed by atoms with Gasteiger partial charge in [-0.2, -0.15) is 0 Å². The zero-order valence-corrected chi connectivity index (χ0v) is 26.2. The van der Waals surface area contributed by atoms with Crippen LogP contribution in [0.5, 0.6) is 17.2 Å². The van der Waals surface area contributed by atoms with Crippen molar-refractivity contribution in [1.82, 2.24) is 4.98 Å². The summed E-state index contributed by atoms with van der Waals surface area (Å²) < 4.78 is 24.2. The average molecular weight is 609 g/mol. The number of methoxy groups -OCH3 is 1. The summed E-state index contributed by atoms with van der Waals surface area (Å²) in [5.41, 5.74) is 3.60. The molecule has 0 bridgehead atoms. The van der Waals surface area contributed by atoms with Gasteiger partial charge >= 0.3 is 6.03 Å². The number of nitrogens with one attached hydrogen (secondary N) is 3. The average Bonchev–Trinajstić information content (AvgIpc) is 2.99. The second-order valence-corrected chi connectivity index (χ2v) is 12.8. The molecule has 0 aliphatic carbocycles. The Morgan fingerprint density at radius 2 is 1.57 bits per heavy atom. The van der Waals surface area contributed by atoms with Crippen LogP contribution in [-0.4, -0.2) is 28.9 Å². The lowest BCUT2D eigenvalue weighted by molar-refractivity contribution is 0.262. The minimum absolute atomic E-state index is 0.194. The molecule has 226 valence electrons. The maximum absolute atomic E-state index is 13.4. The number of amides is 2. The summed E-state index contributed by atoms with van der Waals surface area (Å²) in [4.78, 5) is 17.9. The van der Waals surface area contributed by atoms with Gasteiger partial charge in [0, 0.05) is 28.2 Å². The molecule has 2 amide bonds. The molecule has 0 aliphatic rings. The molecule has 1 heterocycles. The van der Waals surface area contributed by atoms with Crippen molar-refractivity contribution in [2.75, 3.05) is 29.3 Å². The number of pyridine rings is 1. The molecule has 0 saturated heterocycles. The number of aromatic nitrogens is 1. The monoisotopic (exact) mass is 608 g/mol. The van der Waals surface area contributed by atoms with Gasteiger partial charge in [-0.3, -0.25) is 0 Å². The van der Waals surface area contributed by atoms with Gasteiger partial charge in [-0.1, -0.05) is 74.4 Å². The van der Waals surface area contributed by atoms with Gasteiger partial charge in [-0.05, 0) is 59.5 Å². The number of hydrogen-bond donors (Lipinski definition) is 3. The van der Waals surface area contributed by atoms with E-state index in [1.807, 2.05) is 91.0 Å². The number of benzene rings is 4. The van der Waals surface area contributed by atoms with Gasteiger partial charge in [-0.25, -0.2) is 9.78 Å². The minimum atomic E-state index is -1.09. The quantitative estimate of drug-likeness (QED) is 0.145. The molecule has 0 spiro atoms. The Morgan fingerprint density at radius 1 is 0.864 bits per heavy atom. The van der Waals surface area contributed by atoms with Crippen LogP contribution < -0.4 is 25.4 Å². The Morgan fingerprint density at radius 3 is 2.27 bits per heavy atom. The zero-order valence-electron chi connectivity index (χ0n) is 25.4. The molecular weight excluding hydrogens is 572 g/mol. The second-order valence-electron chi connectivity index (χ2n) is 11.4. The number of carbonyl (C=O) groups excluding carboxylic acids is 1. The van der Waals surface area contributed by atoms with E-state index in [1.165, 1.54) is 0 Å². The first-order valence-corrected chi connectivity index (χ1v) is 15.9. The number of fused-ring (bicyclic) bond motifs is 1. The Hall–Kier alpha value is -4.73. The van der Waals surface area contributed by atoms with E-state index in [0.717, 1.165) is 27.6 Å². The lowest BCUT2D eigenvalue weighted by Gasteiger charge is -2.24. The van der Waals surface area contributed by atoms with Crippen LogP contribution in [-0.2, 0) is 22.3 Å². The van der Waals surface area contributed by atoms with Crippen molar-refractivity contribution < 1.29 is 18.8 Å². The summed E-state index contributed by atoms with van der Waals surface area (Å²) in [5, 5.41) is 10.9. The molecule has 0 fully saturated rings. The molecule has 1 atom stereocenters. The van der Waals surface area contributed by atoms with Crippen molar-refractivity contribution >= 4 is 50.9 Å². The highest BCUT2D eigenvalue weighted by Crippen LogP contribution is 2.38. The normalized spacial score (nSPS) is 12.0. The largest absolute Gasteiger partial charge is 0.616 e. The fourth-order valence-electron chi connectivity index (χ4n) is 4.87. The first-order chi connectivity index (χ1) is 21.1. The summed E-state index contributed by atoms with van der Waals surface area (Å²) in [6, 6.07) is 28.3. The van der Waals surface area contributed by atoms with Gasteiger partial charge in [0.25, 0.3) is 0 Å². The lowest BCUT2D eigenvalue weighted by Crippen LogP contribution is -2.21. The summed E-state index contributed by atoms with van der Waals surface area (Å²) in [5.74, 6) is 2.58. The number of ether oxygens (including phenoxy) is 2. The van der Waals surface area contributed by atoms with E-state index < -0.39 is 17.2 Å². The molecule has 4 aromatic carbocycles. The topological polar surface area (TPSA) is 108 Å². The van der Waals surface area contributed by atoms with Crippen LogP contribution in [0, 0.1) is 0 Å². The second kappa shape index (κ2) is 13.3. The van der Waals surface area contributed by atoms with Crippen LogP contribution in [0.25, 0.3) is 10.8 Å². The van der Waals surface area contributed by atoms with Gasteiger partial charge in [0.15, 0.2) is 11.6 Å². The van der Waals surface area contributed by atoms with Crippen LogP contribution >= 0.6 is 0 Å². The SMILES string of the molecule is COc1c(C[S+](C)[O-])cc(C(C)(C)C)cc1NC(=O)Nc1ccc(Oc2cccnc2Nc2ccccc2)c2ccccc12. The van der Waals surface area contributed by atoms with Crippen molar-refractivity contribution in [3.8, 4) is 17.2 Å². The molecule has 1 unspecified atom stereocenters. The third kappa shape index (κ3) is 7.24. The summed E-state index contributed by atoms with van der Waals surface area (Å²) in [6.45, 7) is 6.27. The van der Waals surface area contributed by atoms with E-state index in [1.54, 1.807) is 19.6 Å². The molecular formula is C35H36N4O4S. The van der Waals surface area contributed by atoms with Crippen molar-refractivity contribution in [2.24, 2.45) is 0 Å². The van der Waals surface area contributed by atoms with Gasteiger partial charge in [0.05, 0.1) is 24.7 Å². The number of anilines is 4. The van der Waals surface area contributed by atoms with Crippen LogP contribution in [0.4, 0.5) is 27.7 Å². The standard InChI is InChI=1S/C35H36N4O4S/c1-35(2,3)24-20-23(22-44(5)41)32(42-4)29(21-24)39-34(40)38-28-17-18-30(27-15-10-9-14-26(27)28)43-31-16-11-19-36-33(31)37-25-12-7-6-8-13-25/h6-21H,22H2,1-5H3,(H,36,37)(H2,38,39,40). The highest BCUT2D eigenvalue weighted by molar-refractivity contribution is 7.89. The fourth-order valence-corrected chi connectivity index (χ4v) is 5.52. The Kier molecular flexibility index (Phi) is 9.27. The summed E-state index contributed by atoms with van der Waals surface area (Å²) >= 11 is -1.09. The molecule has 44 heavy (non-hydrogen) atoms. The minimum Gasteiger partial charge on any atom is -0.616 e. The smallest absolute Gasteiger partial charge is 0.323 e. The first-order valence-electron chi connectivity index (χ1n) is 14.2. The number of para-hydroxylation sites is 1. The molecule has 8 nitrogen and oxygen atoms in total. The highest BCUT2D eigenvalue weighted by Gasteiger charge is 2.22. The van der Waals surface area contributed by atoms with Gasteiger partial charge in [0.2, 0.25) is 0 Å². The molecule has 3 N–H and O–H groups in total. The molecule has 1 aromatic heterocycles. The van der Waals surface area contributed by atoms with E-state index in [9.17, 15) is 9.35 Å². The Bertz CT molecular complexity index is 1770. The number of urea groups is 1. The molecule has 0 radical (unpaired) electrons. The Labute approximate surface area is 261 Å². The third-order valence-electron chi connectivity index (χ3n) is 7.00. The first kappa shape index (κ1) is 30.7. The third-order valence-corrected chi connectivity index (χ3v) is 7.72. The maximum Gasteiger partial charge on any atom is 0.323 e. The number of rotatable bonds is 9. The Balaban J connectivity index is 1.42. The predicted molar refractivity (Wildman–Crippen MR) is 180 cm³/mol. The summed E-state index contributed by atoms with van der Waals surface area (Å²) in [7, 11) is 1.55. The lowest BCUT2D eigenvalue weighted by atomic mass is 9.85. The molecule has 0 aliphatic heterocycles. The fraction of sp³-hybridized carbons (Fsp3) is 0.200. The van der Waals surface area contributed by atoms with E-state index in [4.69, 9.17) is 9.47 Å². The number of nitrogens with zero attached hydrogens (tertiary/aromatic N) is 1. The van der Waals surface area contributed by atoms with Crippen LogP contribution in [0.1, 0.15) is 31.9 Å². The van der Waals surface area contributed by atoms with E-state index in [0.29, 0.717) is 40.2 Å². The predicted octanol–water partition coefficient (Wildman–Crippen LogP) is 8.60. The van der Waals surface area contributed by atoms with Crippen molar-refractivity contribution in [2.45, 2.75) is 31.9 Å². The van der Waals surface area contributed by atoms with E-state index in [2.05, 4.69) is 41.7 Å². The molecule has 9 heteroatoms. The zero-order chi connectivity index (χ0) is 31.3. The van der Waals surface area contributed by atoms with Crippen molar-refractivity contribution in [3.05, 3.63) is 108 Å². The summed E-state index contributed by atoms with van der Waals surface area (Å²) in [6.07, 6.45) is 3.36. The van der Waals surface area contributed by atoms with Crippen molar-refractivity contribution in [3.63, 3.8) is 0 Å². The number of hydrogen-bond acceptors (Lipinski definition) is 6. The van der Waals surface area contributed by atoms with Crippen LogP contribution in [0.15, 0.2) is 97.2 Å². The maximum atomic E-state index is 13.4.